The smallest absolute Gasteiger partial charge is 0.336 e. The first-order chi connectivity index (χ1) is 13.6. The zero-order valence-corrected chi connectivity index (χ0v) is 16.9. The largest absolute Gasteiger partial charge is 0.463 e. The molecule has 0 aliphatic carbocycles. The number of likely N-dealkylation sites (tertiary alicyclic amines) is 1. The number of hydrogen-bond donors (Lipinski definition) is 2. The Balaban J connectivity index is 1.53. The molecule has 1 fully saturated rings. The molecule has 0 spiro atoms. The standard InChI is InChI=1S/C22H25ClN2O3/c1-15-10-21-17(12-18(15)23)16(11-22(26)28-21)13-24-14-19(20-6-5-9-27-20)25-7-3-2-4-8-25/h5-6,9-12,19,24H,2-4,7-8,13-14H2,1H3/p+2/t19-/m1/s1. The molecule has 0 radical (unpaired) electrons. The van der Waals surface area contributed by atoms with Crippen LogP contribution in [-0.2, 0) is 6.54 Å². The third-order valence-electron chi connectivity index (χ3n) is 5.75. The molecule has 1 aliphatic heterocycles. The number of aryl methyl sites for hydroxylation is 1. The number of fused-ring (bicyclic) bond motifs is 1. The molecule has 0 saturated carbocycles. The van der Waals surface area contributed by atoms with Crippen LogP contribution >= 0.6 is 11.6 Å². The van der Waals surface area contributed by atoms with E-state index in [0.717, 1.165) is 28.8 Å². The van der Waals surface area contributed by atoms with Crippen LogP contribution < -0.4 is 15.8 Å². The van der Waals surface area contributed by atoms with Gasteiger partial charge in [0.05, 0.1) is 19.4 Å². The first kappa shape index (κ1) is 19.2. The molecule has 3 N–H and O–H groups in total. The van der Waals surface area contributed by atoms with Gasteiger partial charge < -0.3 is 19.1 Å². The van der Waals surface area contributed by atoms with Gasteiger partial charge in [-0.1, -0.05) is 11.6 Å². The van der Waals surface area contributed by atoms with Crippen LogP contribution in [0.2, 0.25) is 5.02 Å². The maximum Gasteiger partial charge on any atom is 0.336 e. The van der Waals surface area contributed by atoms with Gasteiger partial charge in [0.15, 0.2) is 11.8 Å². The lowest BCUT2D eigenvalue weighted by atomic mass is 10.1. The molecule has 0 amide bonds. The van der Waals surface area contributed by atoms with E-state index in [2.05, 4.69) is 11.4 Å². The molecule has 1 aliphatic rings. The second-order valence-electron chi connectivity index (χ2n) is 7.70. The van der Waals surface area contributed by atoms with E-state index in [1.807, 2.05) is 25.1 Å². The van der Waals surface area contributed by atoms with E-state index in [1.54, 1.807) is 17.2 Å². The van der Waals surface area contributed by atoms with E-state index in [4.69, 9.17) is 20.4 Å². The second kappa shape index (κ2) is 8.52. The Morgan fingerprint density at radius 2 is 2.04 bits per heavy atom. The van der Waals surface area contributed by atoms with Gasteiger partial charge in [0, 0.05) is 22.0 Å². The molecule has 148 valence electrons. The van der Waals surface area contributed by atoms with Crippen LogP contribution in [0.4, 0.5) is 0 Å². The van der Waals surface area contributed by atoms with Crippen LogP contribution in [0.1, 0.15) is 42.2 Å². The molecule has 3 heterocycles. The molecule has 1 aromatic carbocycles. The van der Waals surface area contributed by atoms with Gasteiger partial charge in [0.25, 0.3) is 0 Å². The molecule has 1 saturated heterocycles. The normalized spacial score (nSPS) is 16.5. The lowest BCUT2D eigenvalue weighted by Gasteiger charge is -2.29. The molecule has 28 heavy (non-hydrogen) atoms. The van der Waals surface area contributed by atoms with Crippen LogP contribution in [0.25, 0.3) is 11.0 Å². The highest BCUT2D eigenvalue weighted by Crippen LogP contribution is 2.24. The number of furan rings is 1. The van der Waals surface area contributed by atoms with E-state index in [-0.39, 0.29) is 5.63 Å². The summed E-state index contributed by atoms with van der Waals surface area (Å²) in [7, 11) is 0. The Kier molecular flexibility index (Phi) is 5.85. The summed E-state index contributed by atoms with van der Waals surface area (Å²) in [5.74, 6) is 1.05. The Labute approximate surface area is 169 Å². The van der Waals surface area contributed by atoms with Crippen LogP contribution in [0.3, 0.4) is 0 Å². The SMILES string of the molecule is Cc1cc2oc(=O)cc(C[NH2+]C[C@H](c3ccco3)[NH+]3CCCCC3)c2cc1Cl. The van der Waals surface area contributed by atoms with Gasteiger partial charge >= 0.3 is 5.63 Å². The van der Waals surface area contributed by atoms with Crippen LogP contribution in [-0.4, -0.2) is 19.6 Å². The fraction of sp³-hybridized carbons (Fsp3) is 0.409. The van der Waals surface area contributed by atoms with Crippen molar-refractivity contribution < 1.29 is 19.1 Å². The molecule has 3 aromatic rings. The minimum Gasteiger partial charge on any atom is -0.463 e. The predicted octanol–water partition coefficient (Wildman–Crippen LogP) is 2.22. The molecule has 0 bridgehead atoms. The van der Waals surface area contributed by atoms with Crippen molar-refractivity contribution in [3.05, 3.63) is 68.9 Å². The predicted molar refractivity (Wildman–Crippen MR) is 109 cm³/mol. The Hall–Kier alpha value is -2.08. The number of quaternary nitrogens is 2. The van der Waals surface area contributed by atoms with Gasteiger partial charge in [-0.15, -0.1) is 0 Å². The summed E-state index contributed by atoms with van der Waals surface area (Å²) in [4.78, 5) is 13.6. The number of nitrogens with two attached hydrogens (primary N) is 1. The molecular weight excluding hydrogens is 376 g/mol. The number of benzene rings is 1. The topological polar surface area (TPSA) is 64.4 Å². The van der Waals surface area contributed by atoms with E-state index in [0.29, 0.717) is 23.2 Å². The van der Waals surface area contributed by atoms with Gasteiger partial charge in [0.1, 0.15) is 18.7 Å². The highest BCUT2D eigenvalue weighted by molar-refractivity contribution is 6.32. The summed E-state index contributed by atoms with van der Waals surface area (Å²) in [5.41, 5.74) is 2.15. The summed E-state index contributed by atoms with van der Waals surface area (Å²) in [6, 6.07) is 9.69. The fourth-order valence-corrected chi connectivity index (χ4v) is 4.41. The molecule has 2 aromatic heterocycles. The van der Waals surface area contributed by atoms with Gasteiger partial charge in [-0.05, 0) is 56.0 Å². The van der Waals surface area contributed by atoms with Crippen molar-refractivity contribution in [3.8, 4) is 0 Å². The summed E-state index contributed by atoms with van der Waals surface area (Å²) >= 11 is 6.31. The zero-order valence-electron chi connectivity index (χ0n) is 16.2. The quantitative estimate of drug-likeness (QED) is 0.621. The maximum absolute atomic E-state index is 12.0. The summed E-state index contributed by atoms with van der Waals surface area (Å²) in [6.07, 6.45) is 5.62. The number of rotatable bonds is 6. The Bertz CT molecular complexity index is 991. The lowest BCUT2D eigenvalue weighted by Crippen LogP contribution is -3.15. The van der Waals surface area contributed by atoms with Crippen molar-refractivity contribution in [1.29, 1.82) is 0 Å². The van der Waals surface area contributed by atoms with Crippen molar-refractivity contribution in [2.75, 3.05) is 19.6 Å². The highest BCUT2D eigenvalue weighted by Gasteiger charge is 2.29. The zero-order chi connectivity index (χ0) is 19.5. The van der Waals surface area contributed by atoms with Crippen molar-refractivity contribution >= 4 is 22.6 Å². The third-order valence-corrected chi connectivity index (χ3v) is 6.16. The molecule has 1 atom stereocenters. The number of piperidine rings is 1. The third kappa shape index (κ3) is 4.17. The number of halogens is 1. The average molecular weight is 403 g/mol. The van der Waals surface area contributed by atoms with Crippen molar-refractivity contribution in [3.63, 3.8) is 0 Å². The molecule has 0 unspecified atom stereocenters. The van der Waals surface area contributed by atoms with Gasteiger partial charge in [0.2, 0.25) is 0 Å². The first-order valence-corrected chi connectivity index (χ1v) is 10.4. The van der Waals surface area contributed by atoms with Gasteiger partial charge in [-0.2, -0.15) is 0 Å². The number of nitrogens with one attached hydrogen (secondary N) is 1. The van der Waals surface area contributed by atoms with Gasteiger partial charge in [-0.25, -0.2) is 4.79 Å². The number of hydrogen-bond acceptors (Lipinski definition) is 3. The van der Waals surface area contributed by atoms with E-state index >= 15 is 0 Å². The Morgan fingerprint density at radius 3 is 2.79 bits per heavy atom. The van der Waals surface area contributed by atoms with E-state index < -0.39 is 0 Å². The van der Waals surface area contributed by atoms with Crippen LogP contribution in [0.5, 0.6) is 0 Å². The minimum absolute atomic E-state index is 0.318. The monoisotopic (exact) mass is 402 g/mol. The molecule has 4 rings (SSSR count). The van der Waals surface area contributed by atoms with Crippen molar-refractivity contribution in [1.82, 2.24) is 0 Å². The second-order valence-corrected chi connectivity index (χ2v) is 8.11. The summed E-state index contributed by atoms with van der Waals surface area (Å²) < 4.78 is 11.1. The minimum atomic E-state index is -0.318. The fourth-order valence-electron chi connectivity index (χ4n) is 4.25. The molecular formula is C22H27ClN2O3+2. The first-order valence-electron chi connectivity index (χ1n) is 10.0. The lowest BCUT2D eigenvalue weighted by molar-refractivity contribution is -0.951. The summed E-state index contributed by atoms with van der Waals surface area (Å²) in [6.45, 7) is 5.89. The van der Waals surface area contributed by atoms with E-state index in [1.165, 1.54) is 32.4 Å². The average Bonchev–Trinajstić information content (AvgIpc) is 3.21. The Morgan fingerprint density at radius 1 is 1.21 bits per heavy atom. The molecule has 6 heteroatoms. The van der Waals surface area contributed by atoms with E-state index in [9.17, 15) is 4.79 Å². The van der Waals surface area contributed by atoms with Crippen molar-refractivity contribution in [2.24, 2.45) is 0 Å². The van der Waals surface area contributed by atoms with Crippen LogP contribution in [0.15, 0.2) is 50.2 Å². The molecule has 5 nitrogen and oxygen atoms in total. The maximum atomic E-state index is 12.0. The summed E-state index contributed by atoms with van der Waals surface area (Å²) in [5, 5.41) is 3.86. The van der Waals surface area contributed by atoms with Gasteiger partial charge in [-0.3, -0.25) is 0 Å². The highest BCUT2D eigenvalue weighted by atomic mass is 35.5. The van der Waals surface area contributed by atoms with Crippen molar-refractivity contribution in [2.45, 2.75) is 38.8 Å². The van der Waals surface area contributed by atoms with Crippen LogP contribution in [0, 0.1) is 6.92 Å².